The second kappa shape index (κ2) is 6.29. The number of benzene rings is 2. The minimum absolute atomic E-state index is 0.289. The number of carbonyl (C=O) groups excluding carboxylic acids is 1. The predicted molar refractivity (Wildman–Crippen MR) is 93.4 cm³/mol. The van der Waals surface area contributed by atoms with Crippen LogP contribution in [-0.4, -0.2) is 11.1 Å². The Balaban J connectivity index is 1.83. The van der Waals surface area contributed by atoms with E-state index in [1.165, 1.54) is 0 Å². The first-order chi connectivity index (χ1) is 11.3. The zero-order valence-electron chi connectivity index (χ0n) is 13.8. The lowest BCUT2D eigenvalue weighted by molar-refractivity contribution is -0.142. The molecule has 124 valence electrons. The quantitative estimate of drug-likeness (QED) is 0.494. The third-order valence-electron chi connectivity index (χ3n) is 3.63. The molecule has 0 saturated heterocycles. The second-order valence-electron chi connectivity index (χ2n) is 6.73. The standard InChI is InChI=1S/C19H18ClNO3/c1-19(2,3)18(22)23-14-8-9-15-16(21-24-17(15)11-14)10-12-4-6-13(20)7-5-12/h4-9,11H,10H2,1-3H3. The number of fused-ring (bicyclic) bond motifs is 1. The van der Waals surface area contributed by atoms with E-state index in [0.717, 1.165) is 16.6 Å². The Bertz CT molecular complexity index is 876. The summed E-state index contributed by atoms with van der Waals surface area (Å²) in [7, 11) is 0. The number of ether oxygens (including phenoxy) is 1. The lowest BCUT2D eigenvalue weighted by Gasteiger charge is -2.16. The number of esters is 1. The molecular weight excluding hydrogens is 326 g/mol. The molecule has 3 aromatic rings. The second-order valence-corrected chi connectivity index (χ2v) is 7.17. The fraction of sp³-hybridized carbons (Fsp3) is 0.263. The van der Waals surface area contributed by atoms with Crippen LogP contribution in [0.25, 0.3) is 11.0 Å². The Morgan fingerprint density at radius 2 is 1.88 bits per heavy atom. The van der Waals surface area contributed by atoms with Crippen molar-refractivity contribution < 1.29 is 14.1 Å². The van der Waals surface area contributed by atoms with Crippen LogP contribution in [0, 0.1) is 5.41 Å². The molecule has 0 unspecified atom stereocenters. The van der Waals surface area contributed by atoms with Crippen molar-refractivity contribution in [2.45, 2.75) is 27.2 Å². The molecule has 0 atom stereocenters. The molecule has 4 nitrogen and oxygen atoms in total. The summed E-state index contributed by atoms with van der Waals surface area (Å²) < 4.78 is 10.8. The Labute approximate surface area is 145 Å². The van der Waals surface area contributed by atoms with Gasteiger partial charge in [-0.05, 0) is 50.6 Å². The summed E-state index contributed by atoms with van der Waals surface area (Å²) in [6.45, 7) is 5.44. The molecule has 0 amide bonds. The highest BCUT2D eigenvalue weighted by molar-refractivity contribution is 6.30. The van der Waals surface area contributed by atoms with E-state index in [1.54, 1.807) is 12.1 Å². The maximum atomic E-state index is 12.0. The largest absolute Gasteiger partial charge is 0.426 e. The van der Waals surface area contributed by atoms with Crippen molar-refractivity contribution in [3.05, 3.63) is 58.7 Å². The molecule has 1 heterocycles. The summed E-state index contributed by atoms with van der Waals surface area (Å²) in [4.78, 5) is 12.0. The van der Waals surface area contributed by atoms with Gasteiger partial charge in [0.2, 0.25) is 0 Å². The Morgan fingerprint density at radius 1 is 1.17 bits per heavy atom. The Hall–Kier alpha value is -2.33. The number of hydrogen-bond acceptors (Lipinski definition) is 4. The summed E-state index contributed by atoms with van der Waals surface area (Å²) in [6.07, 6.45) is 0.644. The minimum atomic E-state index is -0.559. The van der Waals surface area contributed by atoms with Gasteiger partial charge in [0.15, 0.2) is 5.58 Å². The van der Waals surface area contributed by atoms with Gasteiger partial charge in [-0.3, -0.25) is 4.79 Å². The molecule has 0 aliphatic heterocycles. The summed E-state index contributed by atoms with van der Waals surface area (Å²) in [5.41, 5.74) is 1.97. The number of rotatable bonds is 3. The molecule has 1 aromatic heterocycles. The van der Waals surface area contributed by atoms with Gasteiger partial charge in [-0.15, -0.1) is 0 Å². The number of carbonyl (C=O) groups is 1. The van der Waals surface area contributed by atoms with E-state index < -0.39 is 5.41 Å². The molecule has 0 bridgehead atoms. The Kier molecular flexibility index (Phi) is 4.33. The topological polar surface area (TPSA) is 52.3 Å². The first-order valence-electron chi connectivity index (χ1n) is 7.68. The van der Waals surface area contributed by atoms with Crippen LogP contribution >= 0.6 is 11.6 Å². The summed E-state index contributed by atoms with van der Waals surface area (Å²) >= 11 is 5.90. The molecule has 24 heavy (non-hydrogen) atoms. The van der Waals surface area contributed by atoms with Crippen LogP contribution in [0.1, 0.15) is 32.0 Å². The van der Waals surface area contributed by atoms with E-state index in [0.29, 0.717) is 22.8 Å². The van der Waals surface area contributed by atoms with Crippen LogP contribution in [0.2, 0.25) is 5.02 Å². The monoisotopic (exact) mass is 343 g/mol. The van der Waals surface area contributed by atoms with Crippen LogP contribution < -0.4 is 4.74 Å². The fourth-order valence-corrected chi connectivity index (χ4v) is 2.34. The highest BCUT2D eigenvalue weighted by Gasteiger charge is 2.24. The van der Waals surface area contributed by atoms with Gasteiger partial charge >= 0.3 is 5.97 Å². The molecule has 0 radical (unpaired) electrons. The summed E-state index contributed by atoms with van der Waals surface area (Å²) in [6, 6.07) is 12.9. The zero-order chi connectivity index (χ0) is 17.3. The van der Waals surface area contributed by atoms with Crippen molar-refractivity contribution in [1.82, 2.24) is 5.16 Å². The van der Waals surface area contributed by atoms with Crippen molar-refractivity contribution in [1.29, 1.82) is 0 Å². The van der Waals surface area contributed by atoms with E-state index in [1.807, 2.05) is 51.1 Å². The van der Waals surface area contributed by atoms with Gasteiger partial charge in [-0.1, -0.05) is 28.9 Å². The van der Waals surface area contributed by atoms with Gasteiger partial charge in [-0.2, -0.15) is 0 Å². The van der Waals surface area contributed by atoms with Crippen molar-refractivity contribution in [2.24, 2.45) is 5.41 Å². The third kappa shape index (κ3) is 3.60. The molecule has 0 fully saturated rings. The molecule has 5 heteroatoms. The van der Waals surface area contributed by atoms with Crippen molar-refractivity contribution >= 4 is 28.5 Å². The third-order valence-corrected chi connectivity index (χ3v) is 3.88. The lowest BCUT2D eigenvalue weighted by atomic mass is 9.97. The molecule has 0 spiro atoms. The van der Waals surface area contributed by atoms with Crippen LogP contribution in [0.3, 0.4) is 0 Å². The molecule has 2 aromatic carbocycles. The van der Waals surface area contributed by atoms with E-state index in [-0.39, 0.29) is 5.97 Å². The predicted octanol–water partition coefficient (Wildman–Crippen LogP) is 5.02. The summed E-state index contributed by atoms with van der Waals surface area (Å²) in [5.74, 6) is 0.166. The van der Waals surface area contributed by atoms with Gasteiger partial charge in [0.05, 0.1) is 11.1 Å². The maximum Gasteiger partial charge on any atom is 0.316 e. The maximum absolute atomic E-state index is 12.0. The molecule has 0 N–H and O–H groups in total. The van der Waals surface area contributed by atoms with Crippen molar-refractivity contribution in [2.75, 3.05) is 0 Å². The number of aromatic nitrogens is 1. The first kappa shape index (κ1) is 16.5. The average Bonchev–Trinajstić information content (AvgIpc) is 2.91. The van der Waals surface area contributed by atoms with Gasteiger partial charge in [0.25, 0.3) is 0 Å². The Morgan fingerprint density at radius 3 is 2.54 bits per heavy atom. The van der Waals surface area contributed by atoms with Gasteiger partial charge in [-0.25, -0.2) is 0 Å². The normalized spacial score (nSPS) is 11.7. The van der Waals surface area contributed by atoms with E-state index in [2.05, 4.69) is 5.16 Å². The lowest BCUT2D eigenvalue weighted by Crippen LogP contribution is -2.25. The van der Waals surface area contributed by atoms with Crippen molar-refractivity contribution in [3.63, 3.8) is 0 Å². The highest BCUT2D eigenvalue weighted by atomic mass is 35.5. The number of hydrogen-bond donors (Lipinski definition) is 0. The highest BCUT2D eigenvalue weighted by Crippen LogP contribution is 2.27. The van der Waals surface area contributed by atoms with Gasteiger partial charge in [0, 0.05) is 22.9 Å². The minimum Gasteiger partial charge on any atom is -0.426 e. The number of nitrogens with zero attached hydrogens (tertiary/aromatic N) is 1. The first-order valence-corrected chi connectivity index (χ1v) is 8.06. The van der Waals surface area contributed by atoms with Crippen LogP contribution in [-0.2, 0) is 11.2 Å². The number of halogens is 1. The van der Waals surface area contributed by atoms with Crippen LogP contribution in [0.4, 0.5) is 0 Å². The molecule has 0 aliphatic rings. The average molecular weight is 344 g/mol. The van der Waals surface area contributed by atoms with E-state index in [4.69, 9.17) is 20.9 Å². The molecule has 0 aliphatic carbocycles. The zero-order valence-corrected chi connectivity index (χ0v) is 14.6. The van der Waals surface area contributed by atoms with Gasteiger partial charge in [0.1, 0.15) is 5.75 Å². The van der Waals surface area contributed by atoms with Crippen LogP contribution in [0.5, 0.6) is 5.75 Å². The summed E-state index contributed by atoms with van der Waals surface area (Å²) in [5, 5.41) is 5.74. The van der Waals surface area contributed by atoms with Crippen LogP contribution in [0.15, 0.2) is 47.0 Å². The molecular formula is C19H18ClNO3. The van der Waals surface area contributed by atoms with Gasteiger partial charge < -0.3 is 9.26 Å². The molecule has 0 saturated carbocycles. The fourth-order valence-electron chi connectivity index (χ4n) is 2.22. The smallest absolute Gasteiger partial charge is 0.316 e. The van der Waals surface area contributed by atoms with Crippen molar-refractivity contribution in [3.8, 4) is 5.75 Å². The van der Waals surface area contributed by atoms with E-state index >= 15 is 0 Å². The van der Waals surface area contributed by atoms with E-state index in [9.17, 15) is 4.79 Å². The molecule has 3 rings (SSSR count). The SMILES string of the molecule is CC(C)(C)C(=O)Oc1ccc2c(Cc3ccc(Cl)cc3)noc2c1.